The van der Waals surface area contributed by atoms with E-state index in [1.807, 2.05) is 18.2 Å². The molecule has 132 valence electrons. The first-order valence-electron chi connectivity index (χ1n) is 7.87. The van der Waals surface area contributed by atoms with E-state index in [1.165, 1.54) is 10.6 Å². The van der Waals surface area contributed by atoms with Gasteiger partial charge in [0.15, 0.2) is 0 Å². The van der Waals surface area contributed by atoms with Gasteiger partial charge in [-0.3, -0.25) is 4.79 Å². The quantitative estimate of drug-likeness (QED) is 0.826. The lowest BCUT2D eigenvalue weighted by atomic mass is 10.2. The van der Waals surface area contributed by atoms with Gasteiger partial charge in [-0.05, 0) is 24.3 Å². The molecule has 25 heavy (non-hydrogen) atoms. The van der Waals surface area contributed by atoms with Gasteiger partial charge in [-0.2, -0.15) is 4.31 Å². The number of pyridine rings is 1. The summed E-state index contributed by atoms with van der Waals surface area (Å²) >= 11 is 0. The van der Waals surface area contributed by atoms with Crippen molar-refractivity contribution in [1.29, 1.82) is 0 Å². The highest BCUT2D eigenvalue weighted by Crippen LogP contribution is 2.24. The van der Waals surface area contributed by atoms with Crippen LogP contribution in [0.3, 0.4) is 0 Å². The van der Waals surface area contributed by atoms with Gasteiger partial charge in [0.2, 0.25) is 15.9 Å². The van der Waals surface area contributed by atoms with Gasteiger partial charge in [0, 0.05) is 32.4 Å². The fourth-order valence-corrected chi connectivity index (χ4v) is 3.45. The van der Waals surface area contributed by atoms with Crippen LogP contribution in [0, 0.1) is 0 Å². The maximum Gasteiger partial charge on any atom is 0.259 e. The van der Waals surface area contributed by atoms with Gasteiger partial charge < -0.3 is 9.64 Å². The topological polar surface area (TPSA) is 79.8 Å². The monoisotopic (exact) mass is 361 g/mol. The van der Waals surface area contributed by atoms with E-state index >= 15 is 0 Å². The van der Waals surface area contributed by atoms with Gasteiger partial charge in [0.1, 0.15) is 11.3 Å². The molecule has 0 saturated carbocycles. The van der Waals surface area contributed by atoms with Gasteiger partial charge in [-0.1, -0.05) is 18.2 Å². The van der Waals surface area contributed by atoms with E-state index < -0.39 is 10.0 Å². The molecule has 0 spiro atoms. The predicted octanol–water partition coefficient (Wildman–Crippen LogP) is 1.59. The van der Waals surface area contributed by atoms with Crippen LogP contribution in [0.5, 0.6) is 11.6 Å². The smallest absolute Gasteiger partial charge is 0.259 e. The van der Waals surface area contributed by atoms with Crippen molar-refractivity contribution >= 4 is 15.9 Å². The van der Waals surface area contributed by atoms with Gasteiger partial charge in [-0.15, -0.1) is 0 Å². The van der Waals surface area contributed by atoms with E-state index in [4.69, 9.17) is 4.74 Å². The van der Waals surface area contributed by atoms with Crippen LogP contribution in [-0.2, 0) is 10.0 Å². The first-order valence-corrected chi connectivity index (χ1v) is 9.72. The zero-order valence-corrected chi connectivity index (χ0v) is 14.6. The molecule has 1 fully saturated rings. The minimum Gasteiger partial charge on any atom is -0.438 e. The molecule has 0 bridgehead atoms. The zero-order valence-electron chi connectivity index (χ0n) is 13.8. The van der Waals surface area contributed by atoms with Crippen molar-refractivity contribution in [2.75, 3.05) is 32.4 Å². The first-order chi connectivity index (χ1) is 11.9. The molecule has 1 amide bonds. The molecule has 0 atom stereocenters. The highest BCUT2D eigenvalue weighted by molar-refractivity contribution is 7.88. The molecule has 8 heteroatoms. The Hall–Kier alpha value is -2.45. The maximum atomic E-state index is 12.8. The molecule has 2 aromatic rings. The summed E-state index contributed by atoms with van der Waals surface area (Å²) in [5.41, 5.74) is 0.360. The molecule has 1 saturated heterocycles. The van der Waals surface area contributed by atoms with E-state index in [1.54, 1.807) is 35.4 Å². The average molecular weight is 361 g/mol. The summed E-state index contributed by atoms with van der Waals surface area (Å²) in [6, 6.07) is 12.5. The minimum atomic E-state index is -3.23. The largest absolute Gasteiger partial charge is 0.438 e. The van der Waals surface area contributed by atoms with E-state index in [9.17, 15) is 13.2 Å². The number of nitrogens with zero attached hydrogens (tertiary/aromatic N) is 3. The van der Waals surface area contributed by atoms with Crippen LogP contribution in [0.25, 0.3) is 0 Å². The molecular weight excluding hydrogens is 342 g/mol. The van der Waals surface area contributed by atoms with Gasteiger partial charge >= 0.3 is 0 Å². The minimum absolute atomic E-state index is 0.216. The summed E-state index contributed by atoms with van der Waals surface area (Å²) in [5, 5.41) is 0. The highest BCUT2D eigenvalue weighted by atomic mass is 32.2. The lowest BCUT2D eigenvalue weighted by molar-refractivity contribution is 0.0695. The average Bonchev–Trinajstić information content (AvgIpc) is 2.62. The fourth-order valence-electron chi connectivity index (χ4n) is 2.63. The standard InChI is InChI=1S/C17H19N3O4S/c1-25(22,23)20-12-10-19(11-13-20)17(21)15-8-5-9-18-16(15)24-14-6-3-2-4-7-14/h2-9H,10-13H2,1H3. The molecule has 1 aliphatic rings. The number of hydrogen-bond donors (Lipinski definition) is 0. The summed E-state index contributed by atoms with van der Waals surface area (Å²) in [5.74, 6) is 0.619. The van der Waals surface area contributed by atoms with Crippen molar-refractivity contribution in [3.05, 3.63) is 54.2 Å². The van der Waals surface area contributed by atoms with Crippen molar-refractivity contribution < 1.29 is 17.9 Å². The molecule has 0 aliphatic carbocycles. The van der Waals surface area contributed by atoms with E-state index in [0.29, 0.717) is 37.5 Å². The molecular formula is C17H19N3O4S. The lowest BCUT2D eigenvalue weighted by Gasteiger charge is -2.33. The van der Waals surface area contributed by atoms with E-state index in [0.717, 1.165) is 0 Å². The Balaban J connectivity index is 1.75. The Morgan fingerprint density at radius 3 is 2.36 bits per heavy atom. The molecule has 1 aromatic heterocycles. The normalized spacial score (nSPS) is 15.8. The SMILES string of the molecule is CS(=O)(=O)N1CCN(C(=O)c2cccnc2Oc2ccccc2)CC1. The Kier molecular flexibility index (Phi) is 5.00. The summed E-state index contributed by atoms with van der Waals surface area (Å²) in [6.07, 6.45) is 2.74. The van der Waals surface area contributed by atoms with Crippen molar-refractivity contribution in [3.8, 4) is 11.6 Å². The number of hydrogen-bond acceptors (Lipinski definition) is 5. The Labute approximate surface area is 146 Å². The summed E-state index contributed by atoms with van der Waals surface area (Å²) in [6.45, 7) is 1.26. The zero-order chi connectivity index (χ0) is 17.9. The molecule has 0 radical (unpaired) electrons. The van der Waals surface area contributed by atoms with Crippen molar-refractivity contribution in [3.63, 3.8) is 0 Å². The van der Waals surface area contributed by atoms with Crippen LogP contribution in [-0.4, -0.2) is 60.9 Å². The number of para-hydroxylation sites is 1. The van der Waals surface area contributed by atoms with Crippen LogP contribution < -0.4 is 4.74 Å². The predicted molar refractivity (Wildman–Crippen MR) is 93.1 cm³/mol. The summed E-state index contributed by atoms with van der Waals surface area (Å²) in [4.78, 5) is 18.6. The van der Waals surface area contributed by atoms with Gasteiger partial charge in [0.25, 0.3) is 5.91 Å². The van der Waals surface area contributed by atoms with Gasteiger partial charge in [0.05, 0.1) is 6.26 Å². The summed E-state index contributed by atoms with van der Waals surface area (Å²) in [7, 11) is -3.23. The van der Waals surface area contributed by atoms with Crippen LogP contribution in [0.4, 0.5) is 0 Å². The third-order valence-electron chi connectivity index (χ3n) is 3.95. The number of aromatic nitrogens is 1. The number of benzene rings is 1. The summed E-state index contributed by atoms with van der Waals surface area (Å²) < 4.78 is 30.3. The van der Waals surface area contributed by atoms with Gasteiger partial charge in [-0.25, -0.2) is 13.4 Å². The number of sulfonamides is 1. The van der Waals surface area contributed by atoms with Crippen LogP contribution in [0.2, 0.25) is 0 Å². The number of amides is 1. The lowest BCUT2D eigenvalue weighted by Crippen LogP contribution is -2.50. The van der Waals surface area contributed by atoms with Crippen molar-refractivity contribution in [2.24, 2.45) is 0 Å². The Morgan fingerprint density at radius 1 is 1.04 bits per heavy atom. The molecule has 1 aliphatic heterocycles. The fraction of sp³-hybridized carbons (Fsp3) is 0.294. The van der Waals surface area contributed by atoms with E-state index in [2.05, 4.69) is 4.98 Å². The second-order valence-corrected chi connectivity index (χ2v) is 7.71. The first kappa shape index (κ1) is 17.4. The van der Waals surface area contributed by atoms with Crippen LogP contribution in [0.15, 0.2) is 48.7 Å². The van der Waals surface area contributed by atoms with Crippen molar-refractivity contribution in [1.82, 2.24) is 14.2 Å². The number of carbonyl (C=O) groups is 1. The third kappa shape index (κ3) is 4.15. The number of ether oxygens (including phenoxy) is 1. The maximum absolute atomic E-state index is 12.8. The molecule has 2 heterocycles. The second-order valence-electron chi connectivity index (χ2n) is 5.73. The molecule has 7 nitrogen and oxygen atoms in total. The number of piperazine rings is 1. The molecule has 3 rings (SSSR count). The highest BCUT2D eigenvalue weighted by Gasteiger charge is 2.28. The molecule has 0 N–H and O–H groups in total. The second kappa shape index (κ2) is 7.20. The molecule has 1 aromatic carbocycles. The van der Waals surface area contributed by atoms with E-state index in [-0.39, 0.29) is 11.8 Å². The van der Waals surface area contributed by atoms with Crippen LogP contribution in [0.1, 0.15) is 10.4 Å². The third-order valence-corrected chi connectivity index (χ3v) is 5.26. The Bertz CT molecular complexity index is 847. The molecule has 0 unspecified atom stereocenters. The Morgan fingerprint density at radius 2 is 1.72 bits per heavy atom. The number of rotatable bonds is 4. The van der Waals surface area contributed by atoms with Crippen LogP contribution >= 0.6 is 0 Å². The van der Waals surface area contributed by atoms with Crippen molar-refractivity contribution in [2.45, 2.75) is 0 Å². The number of carbonyl (C=O) groups excluding carboxylic acids is 1.